The van der Waals surface area contributed by atoms with Crippen molar-refractivity contribution in [3.8, 4) is 0 Å². The van der Waals surface area contributed by atoms with Crippen LogP contribution < -0.4 is 16.4 Å². The summed E-state index contributed by atoms with van der Waals surface area (Å²) < 4.78 is 13.1. The fourth-order valence-corrected chi connectivity index (χ4v) is 1.48. The minimum Gasteiger partial charge on any atom is -0.370 e. The van der Waals surface area contributed by atoms with E-state index in [2.05, 4.69) is 4.99 Å². The molecule has 17 heavy (non-hydrogen) atoms. The van der Waals surface area contributed by atoms with Gasteiger partial charge < -0.3 is 16.4 Å². The van der Waals surface area contributed by atoms with Gasteiger partial charge in [-0.1, -0.05) is 6.92 Å². The number of hydrogen-bond acceptors (Lipinski definition) is 1. The number of rotatable bonds is 2. The zero-order valence-corrected chi connectivity index (χ0v) is 9.87. The number of anilines is 1. The number of benzene rings is 1. The van der Waals surface area contributed by atoms with Gasteiger partial charge in [-0.3, -0.25) is 5.41 Å². The molecule has 0 fully saturated rings. The van der Waals surface area contributed by atoms with Crippen LogP contribution in [0, 0.1) is 11.2 Å². The molecule has 6 heteroatoms. The lowest BCUT2D eigenvalue weighted by Crippen LogP contribution is -2.31. The van der Waals surface area contributed by atoms with Crippen LogP contribution >= 0.6 is 0 Å². The zero-order chi connectivity index (χ0) is 13.0. The maximum atomic E-state index is 13.1. The van der Waals surface area contributed by atoms with Crippen molar-refractivity contribution >= 4 is 17.6 Å². The molecule has 0 atom stereocenters. The molecule has 0 aliphatic carbocycles. The van der Waals surface area contributed by atoms with Crippen LogP contribution in [0.3, 0.4) is 0 Å². The maximum absolute atomic E-state index is 13.1. The van der Waals surface area contributed by atoms with Crippen molar-refractivity contribution < 1.29 is 4.39 Å². The highest BCUT2D eigenvalue weighted by Crippen LogP contribution is 2.21. The summed E-state index contributed by atoms with van der Waals surface area (Å²) in [6.45, 7) is 1.91. The first kappa shape index (κ1) is 13.0. The summed E-state index contributed by atoms with van der Waals surface area (Å²) in [6.07, 6.45) is 0.659. The molecule has 1 aromatic rings. The topological polar surface area (TPSA) is 91.5 Å². The van der Waals surface area contributed by atoms with E-state index in [4.69, 9.17) is 16.9 Å². The highest BCUT2D eigenvalue weighted by Gasteiger charge is 2.11. The van der Waals surface area contributed by atoms with Crippen LogP contribution in [-0.2, 0) is 6.42 Å². The Morgan fingerprint density at radius 1 is 1.47 bits per heavy atom. The summed E-state index contributed by atoms with van der Waals surface area (Å²) in [7, 11) is 1.65. The first-order valence-corrected chi connectivity index (χ1v) is 5.16. The van der Waals surface area contributed by atoms with E-state index in [1.165, 1.54) is 17.0 Å². The van der Waals surface area contributed by atoms with Crippen molar-refractivity contribution in [3.05, 3.63) is 29.6 Å². The third-order valence-electron chi connectivity index (χ3n) is 2.34. The number of aliphatic imine (C=N–C) groups is 1. The molecule has 0 aliphatic heterocycles. The fraction of sp³-hybridized carbons (Fsp3) is 0.273. The second-order valence-electron chi connectivity index (χ2n) is 3.55. The van der Waals surface area contributed by atoms with E-state index in [1.807, 2.05) is 6.92 Å². The second-order valence-corrected chi connectivity index (χ2v) is 3.55. The van der Waals surface area contributed by atoms with Crippen LogP contribution in [0.4, 0.5) is 10.1 Å². The lowest BCUT2D eigenvalue weighted by atomic mass is 10.1. The summed E-state index contributed by atoms with van der Waals surface area (Å²) in [5, 5.41) is 7.67. The highest BCUT2D eigenvalue weighted by atomic mass is 19.1. The van der Waals surface area contributed by atoms with Crippen molar-refractivity contribution in [1.29, 1.82) is 5.41 Å². The third-order valence-corrected chi connectivity index (χ3v) is 2.34. The Kier molecular flexibility index (Phi) is 4.03. The molecule has 0 amide bonds. The van der Waals surface area contributed by atoms with Gasteiger partial charge >= 0.3 is 0 Å². The third kappa shape index (κ3) is 3.17. The summed E-state index contributed by atoms with van der Waals surface area (Å²) >= 11 is 0. The highest BCUT2D eigenvalue weighted by molar-refractivity contribution is 6.01. The number of nitrogens with two attached hydrogens (primary N) is 2. The van der Waals surface area contributed by atoms with Gasteiger partial charge in [-0.05, 0) is 30.2 Å². The summed E-state index contributed by atoms with van der Waals surface area (Å²) in [4.78, 5) is 5.14. The molecular weight excluding hydrogens is 221 g/mol. The Hall–Kier alpha value is -2.11. The summed E-state index contributed by atoms with van der Waals surface area (Å²) in [5.74, 6) is -0.569. The quantitative estimate of drug-likeness (QED) is 0.530. The van der Waals surface area contributed by atoms with Crippen LogP contribution in [-0.4, -0.2) is 19.0 Å². The maximum Gasteiger partial charge on any atom is 0.225 e. The Morgan fingerprint density at radius 3 is 2.65 bits per heavy atom. The van der Waals surface area contributed by atoms with Gasteiger partial charge in [0.25, 0.3) is 0 Å². The minimum absolute atomic E-state index is 0.0914. The number of guanidine groups is 2. The fourth-order valence-electron chi connectivity index (χ4n) is 1.48. The van der Waals surface area contributed by atoms with Gasteiger partial charge in [0.1, 0.15) is 5.82 Å². The Morgan fingerprint density at radius 2 is 2.12 bits per heavy atom. The standard InChI is InChI=1S/C11H16FN5/c1-3-7-6-8(12)4-5-9(7)17(2)11(15)16-10(13)14/h4-6H,3H2,1-2H3,(H5,13,14,15,16). The number of nitrogens with one attached hydrogen (secondary N) is 1. The molecule has 92 valence electrons. The second kappa shape index (κ2) is 5.29. The van der Waals surface area contributed by atoms with Crippen LogP contribution in [0.5, 0.6) is 0 Å². The molecule has 0 bridgehead atoms. The number of halogens is 1. The molecule has 1 aromatic carbocycles. The molecule has 0 unspecified atom stereocenters. The Labute approximate surface area is 99.4 Å². The van der Waals surface area contributed by atoms with Crippen molar-refractivity contribution in [2.45, 2.75) is 13.3 Å². The molecule has 5 nitrogen and oxygen atoms in total. The smallest absolute Gasteiger partial charge is 0.225 e. The zero-order valence-electron chi connectivity index (χ0n) is 9.87. The molecule has 0 spiro atoms. The molecule has 0 aromatic heterocycles. The van der Waals surface area contributed by atoms with Crippen LogP contribution in [0.2, 0.25) is 0 Å². The van der Waals surface area contributed by atoms with E-state index < -0.39 is 0 Å². The van der Waals surface area contributed by atoms with Gasteiger partial charge in [-0.2, -0.15) is 4.99 Å². The van der Waals surface area contributed by atoms with Gasteiger partial charge in [-0.15, -0.1) is 0 Å². The van der Waals surface area contributed by atoms with Gasteiger partial charge in [0.05, 0.1) is 0 Å². The largest absolute Gasteiger partial charge is 0.370 e. The number of aryl methyl sites for hydroxylation is 1. The van der Waals surface area contributed by atoms with Crippen LogP contribution in [0.15, 0.2) is 23.2 Å². The number of nitrogens with zero attached hydrogens (tertiary/aromatic N) is 2. The average Bonchev–Trinajstić information content (AvgIpc) is 2.27. The normalized spacial score (nSPS) is 9.82. The predicted molar refractivity (Wildman–Crippen MR) is 67.7 cm³/mol. The van der Waals surface area contributed by atoms with Crippen molar-refractivity contribution in [2.75, 3.05) is 11.9 Å². The van der Waals surface area contributed by atoms with E-state index in [-0.39, 0.29) is 17.7 Å². The monoisotopic (exact) mass is 237 g/mol. The molecule has 0 heterocycles. The number of hydrogen-bond donors (Lipinski definition) is 3. The molecule has 0 aliphatic rings. The first-order chi connectivity index (χ1) is 7.95. The minimum atomic E-state index is -0.299. The summed E-state index contributed by atoms with van der Waals surface area (Å²) in [6, 6.07) is 4.38. The Bertz CT molecular complexity index is 451. The van der Waals surface area contributed by atoms with Crippen molar-refractivity contribution in [3.63, 3.8) is 0 Å². The van der Waals surface area contributed by atoms with Crippen LogP contribution in [0.1, 0.15) is 12.5 Å². The van der Waals surface area contributed by atoms with E-state index in [0.717, 1.165) is 5.56 Å². The predicted octanol–water partition coefficient (Wildman–Crippen LogP) is 1.03. The molecule has 5 N–H and O–H groups in total. The molecule has 0 radical (unpaired) electrons. The van der Waals surface area contributed by atoms with Crippen LogP contribution in [0.25, 0.3) is 0 Å². The summed E-state index contributed by atoms with van der Waals surface area (Å²) in [5.41, 5.74) is 11.9. The SMILES string of the molecule is CCc1cc(F)ccc1N(C)C(=N)N=C(N)N. The van der Waals surface area contributed by atoms with E-state index in [1.54, 1.807) is 13.1 Å². The molecular formula is C11H16FN5. The molecule has 0 saturated heterocycles. The van der Waals surface area contributed by atoms with E-state index in [0.29, 0.717) is 12.1 Å². The average molecular weight is 237 g/mol. The first-order valence-electron chi connectivity index (χ1n) is 5.16. The molecule has 0 saturated carbocycles. The lowest BCUT2D eigenvalue weighted by Gasteiger charge is -2.20. The van der Waals surface area contributed by atoms with Crippen molar-refractivity contribution in [1.82, 2.24) is 0 Å². The van der Waals surface area contributed by atoms with E-state index in [9.17, 15) is 4.39 Å². The van der Waals surface area contributed by atoms with Crippen molar-refractivity contribution in [2.24, 2.45) is 16.5 Å². The molecule has 1 rings (SSSR count). The van der Waals surface area contributed by atoms with Gasteiger partial charge in [-0.25, -0.2) is 4.39 Å². The van der Waals surface area contributed by atoms with Gasteiger partial charge in [0, 0.05) is 12.7 Å². The van der Waals surface area contributed by atoms with Gasteiger partial charge in [0.2, 0.25) is 5.96 Å². The lowest BCUT2D eigenvalue weighted by molar-refractivity contribution is 0.625. The Balaban J connectivity index is 3.07. The van der Waals surface area contributed by atoms with E-state index >= 15 is 0 Å². The van der Waals surface area contributed by atoms with Gasteiger partial charge in [0.15, 0.2) is 5.96 Å².